The molecular formula is C5H12N2O5. The molecule has 0 aromatic heterocycles. The number of unbranched alkanes of at least 4 members (excludes halogenated alkanes) is 2. The van der Waals surface area contributed by atoms with Crippen LogP contribution in [0.15, 0.2) is 0 Å². The summed E-state index contributed by atoms with van der Waals surface area (Å²) in [5.41, 5.74) is 0. The summed E-state index contributed by atoms with van der Waals surface area (Å²) in [4.78, 5) is 20.6. The Kier molecular flexibility index (Phi) is 10.6. The van der Waals surface area contributed by atoms with Crippen molar-refractivity contribution in [3.8, 4) is 0 Å². The first-order valence-electron chi connectivity index (χ1n) is 3.51. The van der Waals surface area contributed by atoms with Crippen molar-refractivity contribution in [2.75, 3.05) is 0 Å². The first-order valence-corrected chi connectivity index (χ1v) is 3.51. The second kappa shape index (κ2) is 9.60. The van der Waals surface area contributed by atoms with E-state index in [4.69, 9.17) is 20.2 Å². The maximum Gasteiger partial charge on any atom is 0.356 e. The van der Waals surface area contributed by atoms with Crippen LogP contribution in [0.25, 0.3) is 0 Å². The molecule has 0 saturated heterocycles. The van der Waals surface area contributed by atoms with Crippen molar-refractivity contribution in [1.82, 2.24) is 0 Å². The third-order valence-corrected chi connectivity index (χ3v) is 0.840. The average Bonchev–Trinajstić information content (AvgIpc) is 1.87. The molecule has 0 rings (SSSR count). The fraction of sp³-hybridized carbons (Fsp3) is 1.00. The van der Waals surface area contributed by atoms with Crippen LogP contribution in [0, 0.1) is 20.2 Å². The van der Waals surface area contributed by atoms with Gasteiger partial charge >= 0.3 is 10.2 Å². The Morgan fingerprint density at radius 3 is 1.42 bits per heavy atom. The van der Waals surface area contributed by atoms with E-state index in [-0.39, 0.29) is 0 Å². The lowest BCUT2D eigenvalue weighted by molar-refractivity contribution is -1.03. The Morgan fingerprint density at radius 1 is 1.08 bits per heavy atom. The molecule has 0 heterocycles. The minimum absolute atomic E-state index is 1.34. The second-order valence-electron chi connectivity index (χ2n) is 1.88. The normalized spacial score (nSPS) is 7.83. The molecule has 0 bridgehead atoms. The molecule has 12 heavy (non-hydrogen) atoms. The number of hydrogen-bond acceptors (Lipinski definition) is 5. The molecule has 0 saturated carbocycles. The van der Waals surface area contributed by atoms with Gasteiger partial charge in [0, 0.05) is 4.94 Å². The van der Waals surface area contributed by atoms with Gasteiger partial charge in [-0.2, -0.15) is 0 Å². The number of hydrogen-bond donors (Lipinski definition) is 0. The van der Waals surface area contributed by atoms with E-state index in [9.17, 15) is 0 Å². The fourth-order valence-electron chi connectivity index (χ4n) is 0.408. The Labute approximate surface area is 69.5 Å². The van der Waals surface area contributed by atoms with E-state index >= 15 is 0 Å². The SMILES string of the molecule is CCCCC.O=[N+]([O-])O[N+](=O)[O-]. The highest BCUT2D eigenvalue weighted by molar-refractivity contribution is 4.24. The molecule has 0 radical (unpaired) electrons. The maximum absolute atomic E-state index is 8.95. The molecule has 0 aliphatic carbocycles. The van der Waals surface area contributed by atoms with Gasteiger partial charge in [0.05, 0.1) is 0 Å². The van der Waals surface area contributed by atoms with Gasteiger partial charge in [-0.1, -0.05) is 33.1 Å². The largest absolute Gasteiger partial charge is 0.356 e. The molecule has 7 nitrogen and oxygen atoms in total. The van der Waals surface area contributed by atoms with Crippen molar-refractivity contribution >= 4 is 0 Å². The fourth-order valence-corrected chi connectivity index (χ4v) is 0.408. The third kappa shape index (κ3) is 23.5. The van der Waals surface area contributed by atoms with Crippen molar-refractivity contribution in [3.63, 3.8) is 0 Å². The molecule has 0 amide bonds. The number of rotatable bonds is 4. The molecule has 0 aromatic rings. The first kappa shape index (κ1) is 13.2. The van der Waals surface area contributed by atoms with Crippen LogP contribution in [0.3, 0.4) is 0 Å². The Morgan fingerprint density at radius 2 is 1.42 bits per heavy atom. The molecule has 0 N–H and O–H groups in total. The molecule has 72 valence electrons. The van der Waals surface area contributed by atoms with Crippen molar-refractivity contribution < 1.29 is 15.1 Å². The average molecular weight is 180 g/mol. The summed E-state index contributed by atoms with van der Waals surface area (Å²) in [7, 11) is 0. The standard InChI is InChI=1S/C5H12.N2O5/c1-3-5-4-2;3-1(4)7-2(5)6/h3-5H2,1-2H3;. The summed E-state index contributed by atoms with van der Waals surface area (Å²) in [6, 6.07) is 0. The minimum Gasteiger partial charge on any atom is -0.105 e. The lowest BCUT2D eigenvalue weighted by Gasteiger charge is -1.79. The molecule has 7 heteroatoms. The maximum atomic E-state index is 8.95. The smallest absolute Gasteiger partial charge is 0.105 e. The summed E-state index contributed by atoms with van der Waals surface area (Å²) >= 11 is 0. The lowest BCUT2D eigenvalue weighted by atomic mass is 10.3. The van der Waals surface area contributed by atoms with Crippen LogP contribution in [0.5, 0.6) is 0 Å². The van der Waals surface area contributed by atoms with Gasteiger partial charge in [0.25, 0.3) is 0 Å². The van der Waals surface area contributed by atoms with Crippen LogP contribution in [-0.4, -0.2) is 10.2 Å². The van der Waals surface area contributed by atoms with Crippen LogP contribution in [-0.2, 0) is 4.94 Å². The zero-order chi connectivity index (χ0) is 9.98. The van der Waals surface area contributed by atoms with Crippen LogP contribution in [0.4, 0.5) is 0 Å². The monoisotopic (exact) mass is 180 g/mol. The predicted octanol–water partition coefficient (Wildman–Crippen LogP) is 1.58. The van der Waals surface area contributed by atoms with Gasteiger partial charge in [-0.25, -0.2) is 0 Å². The van der Waals surface area contributed by atoms with Gasteiger partial charge in [-0.05, 0) is 0 Å². The molecule has 0 fully saturated rings. The van der Waals surface area contributed by atoms with Crippen LogP contribution < -0.4 is 0 Å². The van der Waals surface area contributed by atoms with E-state index in [1.807, 2.05) is 0 Å². The summed E-state index contributed by atoms with van der Waals surface area (Å²) in [5.74, 6) is 0. The van der Waals surface area contributed by atoms with E-state index in [1.165, 1.54) is 19.3 Å². The molecule has 0 aliphatic heterocycles. The van der Waals surface area contributed by atoms with Crippen molar-refractivity contribution in [2.45, 2.75) is 33.1 Å². The van der Waals surface area contributed by atoms with E-state index < -0.39 is 10.2 Å². The van der Waals surface area contributed by atoms with E-state index in [0.29, 0.717) is 0 Å². The molecule has 0 aliphatic rings. The topological polar surface area (TPSA) is 95.5 Å². The van der Waals surface area contributed by atoms with E-state index in [2.05, 4.69) is 18.8 Å². The van der Waals surface area contributed by atoms with Crippen molar-refractivity contribution in [2.24, 2.45) is 0 Å². The summed E-state index contributed by atoms with van der Waals surface area (Å²) in [6.07, 6.45) is 4.08. The second-order valence-corrected chi connectivity index (χ2v) is 1.88. The quantitative estimate of drug-likeness (QED) is 0.483. The molecule has 0 atom stereocenters. The Hall–Kier alpha value is -1.40. The van der Waals surface area contributed by atoms with Crippen molar-refractivity contribution in [1.29, 1.82) is 0 Å². The molecule has 0 unspecified atom stereocenters. The van der Waals surface area contributed by atoms with Crippen LogP contribution in [0.2, 0.25) is 0 Å². The zero-order valence-electron chi connectivity index (χ0n) is 7.06. The molecular weight excluding hydrogens is 168 g/mol. The Balaban J connectivity index is 0. The Bertz CT molecular complexity index is 124. The van der Waals surface area contributed by atoms with Gasteiger partial charge in [0.1, 0.15) is 0 Å². The summed E-state index contributed by atoms with van der Waals surface area (Å²) in [6.45, 7) is 4.42. The van der Waals surface area contributed by atoms with Crippen LogP contribution in [0.1, 0.15) is 33.1 Å². The van der Waals surface area contributed by atoms with E-state index in [0.717, 1.165) is 0 Å². The summed E-state index contributed by atoms with van der Waals surface area (Å²) in [5, 5.41) is 14.9. The summed E-state index contributed by atoms with van der Waals surface area (Å²) < 4.78 is 0. The van der Waals surface area contributed by atoms with Gasteiger partial charge < -0.3 is 0 Å². The highest BCUT2D eigenvalue weighted by Gasteiger charge is 2.05. The number of nitrogens with zero attached hydrogens (tertiary/aromatic N) is 2. The minimum atomic E-state index is -1.50. The zero-order valence-corrected chi connectivity index (χ0v) is 7.06. The predicted molar refractivity (Wildman–Crippen MR) is 40.3 cm³/mol. The van der Waals surface area contributed by atoms with Gasteiger partial charge in [0.15, 0.2) is 0 Å². The molecule has 0 spiro atoms. The molecule has 0 aromatic carbocycles. The van der Waals surface area contributed by atoms with Gasteiger partial charge in [-0.15, -0.1) is 20.2 Å². The van der Waals surface area contributed by atoms with Crippen molar-refractivity contribution in [3.05, 3.63) is 20.2 Å². The van der Waals surface area contributed by atoms with Gasteiger partial charge in [0.2, 0.25) is 0 Å². The van der Waals surface area contributed by atoms with Crippen LogP contribution >= 0.6 is 0 Å². The van der Waals surface area contributed by atoms with E-state index in [1.54, 1.807) is 0 Å². The highest BCUT2D eigenvalue weighted by atomic mass is 17.1. The third-order valence-electron chi connectivity index (χ3n) is 0.840. The van der Waals surface area contributed by atoms with Gasteiger partial charge in [-0.3, -0.25) is 0 Å². The lowest BCUT2D eigenvalue weighted by Crippen LogP contribution is -2.06. The first-order chi connectivity index (χ1) is 5.54. The highest BCUT2D eigenvalue weighted by Crippen LogP contribution is 1.88.